The number of nitrogens with zero attached hydrogens (tertiary/aromatic N) is 2. The summed E-state index contributed by atoms with van der Waals surface area (Å²) in [7, 11) is 1.78. The van der Waals surface area contributed by atoms with Gasteiger partial charge in [0.05, 0.1) is 6.54 Å². The van der Waals surface area contributed by atoms with Crippen LogP contribution in [0.3, 0.4) is 0 Å². The molecule has 0 aromatic heterocycles. The molecule has 0 radical (unpaired) electrons. The Hall–Kier alpha value is -2.11. The summed E-state index contributed by atoms with van der Waals surface area (Å²) in [6, 6.07) is 6.35. The van der Waals surface area contributed by atoms with Crippen LogP contribution in [0.5, 0.6) is 0 Å². The number of rotatable bonds is 6. The molecular weight excluding hydrogens is 321 g/mol. The highest BCUT2D eigenvalue weighted by Crippen LogP contribution is 2.29. The van der Waals surface area contributed by atoms with Crippen molar-refractivity contribution in [3.63, 3.8) is 0 Å². The maximum atomic E-state index is 12.9. The molecule has 3 rings (SSSR count). The summed E-state index contributed by atoms with van der Waals surface area (Å²) < 4.78 is 12.9. The molecule has 25 heavy (non-hydrogen) atoms. The van der Waals surface area contributed by atoms with E-state index < -0.39 is 0 Å². The molecule has 1 saturated carbocycles. The van der Waals surface area contributed by atoms with Gasteiger partial charge in [0.25, 0.3) is 0 Å². The lowest BCUT2D eigenvalue weighted by Gasteiger charge is -2.25. The third-order valence-corrected chi connectivity index (χ3v) is 5.25. The molecule has 5 nitrogen and oxygen atoms in total. The van der Waals surface area contributed by atoms with Crippen LogP contribution in [0.25, 0.3) is 0 Å². The highest BCUT2D eigenvalue weighted by molar-refractivity contribution is 5.81. The van der Waals surface area contributed by atoms with Crippen molar-refractivity contribution in [2.75, 3.05) is 32.0 Å². The van der Waals surface area contributed by atoms with E-state index in [1.54, 1.807) is 24.1 Å². The van der Waals surface area contributed by atoms with Gasteiger partial charge in [0.15, 0.2) is 0 Å². The molecule has 136 valence electrons. The van der Waals surface area contributed by atoms with Crippen molar-refractivity contribution in [2.45, 2.75) is 38.1 Å². The fourth-order valence-corrected chi connectivity index (χ4v) is 3.87. The minimum atomic E-state index is -0.299. The first-order valence-corrected chi connectivity index (χ1v) is 9.06. The largest absolute Gasteiger partial charge is 0.376 e. The Bertz CT molecular complexity index is 614. The van der Waals surface area contributed by atoms with Gasteiger partial charge in [0.1, 0.15) is 5.82 Å². The Morgan fingerprint density at radius 1 is 1.28 bits per heavy atom. The lowest BCUT2D eigenvalue weighted by atomic mass is 10.1. The molecule has 1 aromatic carbocycles. The number of likely N-dealkylation sites (N-methyl/N-ethyl adjacent to an activating group) is 1. The quantitative estimate of drug-likeness (QED) is 0.860. The molecular formula is C19H26FN3O2. The highest BCUT2D eigenvalue weighted by atomic mass is 19.1. The molecule has 1 heterocycles. The first kappa shape index (κ1) is 17.7. The van der Waals surface area contributed by atoms with Gasteiger partial charge in [0.2, 0.25) is 11.8 Å². The zero-order valence-electron chi connectivity index (χ0n) is 14.7. The molecule has 6 heteroatoms. The van der Waals surface area contributed by atoms with E-state index in [4.69, 9.17) is 0 Å². The van der Waals surface area contributed by atoms with Crippen LogP contribution in [0.15, 0.2) is 24.3 Å². The number of carbonyl (C=O) groups is 2. The Labute approximate surface area is 148 Å². The molecule has 1 atom stereocenters. The van der Waals surface area contributed by atoms with Gasteiger partial charge in [-0.2, -0.15) is 0 Å². The second-order valence-electron chi connectivity index (χ2n) is 7.19. The van der Waals surface area contributed by atoms with E-state index >= 15 is 0 Å². The van der Waals surface area contributed by atoms with Crippen LogP contribution < -0.4 is 5.32 Å². The lowest BCUT2D eigenvalue weighted by molar-refractivity contribution is -0.130. The molecule has 1 aliphatic carbocycles. The van der Waals surface area contributed by atoms with Crippen LogP contribution in [0.2, 0.25) is 0 Å². The molecule has 2 amide bonds. The van der Waals surface area contributed by atoms with Crippen molar-refractivity contribution in [3.8, 4) is 0 Å². The molecule has 2 fully saturated rings. The Balaban J connectivity index is 1.45. The zero-order valence-corrected chi connectivity index (χ0v) is 14.7. The average molecular weight is 347 g/mol. The maximum absolute atomic E-state index is 12.9. The topological polar surface area (TPSA) is 52.7 Å². The van der Waals surface area contributed by atoms with Gasteiger partial charge in [-0.25, -0.2) is 4.39 Å². The standard InChI is InChI=1S/C19H26FN3O2/c1-22(19(25)11-21-16-8-6-15(20)7-9-16)12-14-10-18(24)23(13-14)17-4-2-3-5-17/h6-9,14,17,21H,2-5,10-13H2,1H3. The molecule has 1 aromatic rings. The Morgan fingerprint density at radius 2 is 1.96 bits per heavy atom. The van der Waals surface area contributed by atoms with Gasteiger partial charge in [-0.05, 0) is 37.1 Å². The number of likely N-dealkylation sites (tertiary alicyclic amines) is 1. The number of carbonyl (C=O) groups excluding carboxylic acids is 2. The number of halogens is 1. The van der Waals surface area contributed by atoms with Gasteiger partial charge in [-0.3, -0.25) is 9.59 Å². The van der Waals surface area contributed by atoms with E-state index in [2.05, 4.69) is 5.32 Å². The van der Waals surface area contributed by atoms with Crippen molar-refractivity contribution in [2.24, 2.45) is 5.92 Å². The molecule has 0 bridgehead atoms. The van der Waals surface area contributed by atoms with Crippen molar-refractivity contribution in [1.29, 1.82) is 0 Å². The minimum absolute atomic E-state index is 0.0314. The second-order valence-corrected chi connectivity index (χ2v) is 7.19. The van der Waals surface area contributed by atoms with Crippen LogP contribution >= 0.6 is 0 Å². The molecule has 1 aliphatic heterocycles. The third kappa shape index (κ3) is 4.50. The first-order chi connectivity index (χ1) is 12.0. The van der Waals surface area contributed by atoms with E-state index in [0.29, 0.717) is 24.7 Å². The first-order valence-electron chi connectivity index (χ1n) is 9.06. The van der Waals surface area contributed by atoms with Crippen molar-refractivity contribution in [1.82, 2.24) is 9.80 Å². The number of nitrogens with one attached hydrogen (secondary N) is 1. The van der Waals surface area contributed by atoms with Crippen LogP contribution in [0, 0.1) is 11.7 Å². The Morgan fingerprint density at radius 3 is 2.64 bits per heavy atom. The Kier molecular flexibility index (Phi) is 5.56. The van der Waals surface area contributed by atoms with E-state index in [9.17, 15) is 14.0 Å². The summed E-state index contributed by atoms with van der Waals surface area (Å²) in [5, 5.41) is 3.00. The molecule has 2 aliphatic rings. The summed E-state index contributed by atoms with van der Waals surface area (Å²) >= 11 is 0. The molecule has 1 saturated heterocycles. The van der Waals surface area contributed by atoms with E-state index in [1.165, 1.54) is 25.0 Å². The monoisotopic (exact) mass is 347 g/mol. The summed E-state index contributed by atoms with van der Waals surface area (Å²) in [6.45, 7) is 1.53. The van der Waals surface area contributed by atoms with Crippen molar-refractivity contribution >= 4 is 17.5 Å². The minimum Gasteiger partial charge on any atom is -0.376 e. The zero-order chi connectivity index (χ0) is 17.8. The number of hydrogen-bond acceptors (Lipinski definition) is 3. The van der Waals surface area contributed by atoms with E-state index in [1.807, 2.05) is 4.90 Å². The summed E-state index contributed by atoms with van der Waals surface area (Å²) in [6.07, 6.45) is 5.21. The normalized spacial score (nSPS) is 21.0. The number of amides is 2. The third-order valence-electron chi connectivity index (χ3n) is 5.25. The lowest BCUT2D eigenvalue weighted by Crippen LogP contribution is -2.38. The number of benzene rings is 1. The van der Waals surface area contributed by atoms with Gasteiger partial charge in [-0.1, -0.05) is 12.8 Å². The van der Waals surface area contributed by atoms with Gasteiger partial charge in [0, 0.05) is 44.2 Å². The smallest absolute Gasteiger partial charge is 0.241 e. The van der Waals surface area contributed by atoms with Crippen molar-refractivity contribution in [3.05, 3.63) is 30.1 Å². The van der Waals surface area contributed by atoms with Crippen LogP contribution in [0.4, 0.5) is 10.1 Å². The van der Waals surface area contributed by atoms with E-state index in [0.717, 1.165) is 19.4 Å². The molecule has 1 unspecified atom stereocenters. The summed E-state index contributed by atoms with van der Waals surface area (Å²) in [5.41, 5.74) is 0.714. The summed E-state index contributed by atoms with van der Waals surface area (Å²) in [4.78, 5) is 28.2. The van der Waals surface area contributed by atoms with Gasteiger partial charge < -0.3 is 15.1 Å². The SMILES string of the molecule is CN(CC1CC(=O)N(C2CCCC2)C1)C(=O)CNc1ccc(F)cc1. The second kappa shape index (κ2) is 7.85. The molecule has 1 N–H and O–H groups in total. The maximum Gasteiger partial charge on any atom is 0.241 e. The van der Waals surface area contributed by atoms with Gasteiger partial charge >= 0.3 is 0 Å². The fourth-order valence-electron chi connectivity index (χ4n) is 3.87. The van der Waals surface area contributed by atoms with Crippen molar-refractivity contribution < 1.29 is 14.0 Å². The van der Waals surface area contributed by atoms with Gasteiger partial charge in [-0.15, -0.1) is 0 Å². The van der Waals surface area contributed by atoms with E-state index in [-0.39, 0.29) is 30.1 Å². The predicted octanol–water partition coefficient (Wildman–Crippen LogP) is 2.49. The number of anilines is 1. The van der Waals surface area contributed by atoms with Crippen LogP contribution in [-0.4, -0.2) is 54.3 Å². The highest BCUT2D eigenvalue weighted by Gasteiger charge is 2.36. The number of hydrogen-bond donors (Lipinski definition) is 1. The summed E-state index contributed by atoms with van der Waals surface area (Å²) in [5.74, 6) is 0.123. The van der Waals surface area contributed by atoms with Crippen LogP contribution in [-0.2, 0) is 9.59 Å². The fraction of sp³-hybridized carbons (Fsp3) is 0.579. The van der Waals surface area contributed by atoms with Crippen LogP contribution in [0.1, 0.15) is 32.1 Å². The average Bonchev–Trinajstić information content (AvgIpc) is 3.23. The predicted molar refractivity (Wildman–Crippen MR) is 94.6 cm³/mol. The molecule has 0 spiro atoms.